The number of hydrogen-bond donors (Lipinski definition) is 2. The van der Waals surface area contributed by atoms with Gasteiger partial charge < -0.3 is 15.0 Å². The first-order valence-corrected chi connectivity index (χ1v) is 7.74. The SMILES string of the molecule is Cc1ccn(CC(C)(C)C(=O)NC(CC(C)C)C(=O)O)c(=O)c1. The van der Waals surface area contributed by atoms with Gasteiger partial charge in [0.05, 0.1) is 5.41 Å². The number of hydrogen-bond acceptors (Lipinski definition) is 3. The molecule has 0 aliphatic rings. The summed E-state index contributed by atoms with van der Waals surface area (Å²) < 4.78 is 1.46. The molecule has 128 valence electrons. The van der Waals surface area contributed by atoms with Gasteiger partial charge in [0, 0.05) is 18.8 Å². The van der Waals surface area contributed by atoms with Gasteiger partial charge in [-0.15, -0.1) is 0 Å². The van der Waals surface area contributed by atoms with E-state index in [0.717, 1.165) is 5.56 Å². The van der Waals surface area contributed by atoms with Gasteiger partial charge in [-0.1, -0.05) is 13.8 Å². The van der Waals surface area contributed by atoms with Crippen LogP contribution in [-0.2, 0) is 16.1 Å². The quantitative estimate of drug-likeness (QED) is 0.801. The van der Waals surface area contributed by atoms with Crippen LogP contribution in [0.3, 0.4) is 0 Å². The van der Waals surface area contributed by atoms with E-state index in [1.54, 1.807) is 26.1 Å². The van der Waals surface area contributed by atoms with Crippen LogP contribution in [0.5, 0.6) is 0 Å². The number of aromatic nitrogens is 1. The number of carbonyl (C=O) groups is 2. The summed E-state index contributed by atoms with van der Waals surface area (Å²) in [5.41, 5.74) is -0.219. The Labute approximate surface area is 136 Å². The maximum Gasteiger partial charge on any atom is 0.326 e. The number of aliphatic carboxylic acids is 1. The molecule has 0 bridgehead atoms. The Balaban J connectivity index is 2.87. The second-order valence-electron chi connectivity index (χ2n) is 7.05. The number of aryl methyl sites for hydroxylation is 1. The lowest BCUT2D eigenvalue weighted by Crippen LogP contribution is -2.49. The molecule has 1 aromatic heterocycles. The second-order valence-corrected chi connectivity index (χ2v) is 7.05. The van der Waals surface area contributed by atoms with Crippen LogP contribution in [-0.4, -0.2) is 27.6 Å². The zero-order valence-electron chi connectivity index (χ0n) is 14.4. The molecule has 1 unspecified atom stereocenters. The third kappa shape index (κ3) is 5.54. The Kier molecular flexibility index (Phi) is 6.12. The molecule has 0 spiro atoms. The zero-order valence-corrected chi connectivity index (χ0v) is 14.4. The molecule has 2 N–H and O–H groups in total. The van der Waals surface area contributed by atoms with E-state index in [1.165, 1.54) is 10.6 Å². The van der Waals surface area contributed by atoms with Gasteiger partial charge in [0.2, 0.25) is 5.91 Å². The van der Waals surface area contributed by atoms with Gasteiger partial charge in [-0.05, 0) is 44.7 Å². The fourth-order valence-electron chi connectivity index (χ4n) is 2.28. The van der Waals surface area contributed by atoms with Crippen molar-refractivity contribution < 1.29 is 14.7 Å². The second kappa shape index (κ2) is 7.44. The molecule has 0 aliphatic heterocycles. The van der Waals surface area contributed by atoms with Crippen molar-refractivity contribution in [2.75, 3.05) is 0 Å². The van der Waals surface area contributed by atoms with E-state index in [-0.39, 0.29) is 23.9 Å². The Morgan fingerprint density at radius 3 is 2.43 bits per heavy atom. The Morgan fingerprint density at radius 2 is 1.96 bits per heavy atom. The maximum absolute atomic E-state index is 12.5. The summed E-state index contributed by atoms with van der Waals surface area (Å²) in [5, 5.41) is 11.8. The number of rotatable bonds is 7. The summed E-state index contributed by atoms with van der Waals surface area (Å²) >= 11 is 0. The molecule has 1 rings (SSSR count). The molecule has 0 radical (unpaired) electrons. The summed E-state index contributed by atoms with van der Waals surface area (Å²) in [7, 11) is 0. The summed E-state index contributed by atoms with van der Waals surface area (Å²) in [6, 6.07) is 2.39. The minimum Gasteiger partial charge on any atom is -0.480 e. The topological polar surface area (TPSA) is 88.4 Å². The van der Waals surface area contributed by atoms with E-state index in [1.807, 2.05) is 20.8 Å². The molecule has 6 heteroatoms. The Morgan fingerprint density at radius 1 is 1.35 bits per heavy atom. The average Bonchev–Trinajstić information content (AvgIpc) is 2.40. The summed E-state index contributed by atoms with van der Waals surface area (Å²) in [5.74, 6) is -1.27. The highest BCUT2D eigenvalue weighted by Gasteiger charge is 2.32. The molecule has 1 aromatic rings. The molecule has 6 nitrogen and oxygen atoms in total. The molecule has 0 fully saturated rings. The van der Waals surface area contributed by atoms with Crippen molar-refractivity contribution >= 4 is 11.9 Å². The predicted octanol–water partition coefficient (Wildman–Crippen LogP) is 1.80. The van der Waals surface area contributed by atoms with Crippen LogP contribution in [0.15, 0.2) is 23.1 Å². The van der Waals surface area contributed by atoms with Gasteiger partial charge in [0.1, 0.15) is 6.04 Å². The van der Waals surface area contributed by atoms with Gasteiger partial charge in [-0.2, -0.15) is 0 Å². The number of carboxylic acids is 1. The van der Waals surface area contributed by atoms with Crippen LogP contribution in [0.4, 0.5) is 0 Å². The van der Waals surface area contributed by atoms with Crippen LogP contribution in [0.1, 0.15) is 39.7 Å². The largest absolute Gasteiger partial charge is 0.480 e. The fourth-order valence-corrected chi connectivity index (χ4v) is 2.28. The fraction of sp³-hybridized carbons (Fsp3) is 0.588. The predicted molar refractivity (Wildman–Crippen MR) is 88.2 cm³/mol. The van der Waals surface area contributed by atoms with Gasteiger partial charge in [0.15, 0.2) is 0 Å². The number of nitrogens with one attached hydrogen (secondary N) is 1. The summed E-state index contributed by atoms with van der Waals surface area (Å²) in [6.45, 7) is 9.21. The van der Waals surface area contributed by atoms with Crippen molar-refractivity contribution in [3.05, 3.63) is 34.2 Å². The van der Waals surface area contributed by atoms with Gasteiger partial charge in [0.25, 0.3) is 5.56 Å². The molecule has 1 atom stereocenters. The first-order chi connectivity index (χ1) is 10.5. The molecule has 1 amide bonds. The van der Waals surface area contributed by atoms with Crippen molar-refractivity contribution in [1.82, 2.24) is 9.88 Å². The van der Waals surface area contributed by atoms with Crippen LogP contribution in [0.25, 0.3) is 0 Å². The van der Waals surface area contributed by atoms with E-state index in [0.29, 0.717) is 6.42 Å². The first-order valence-electron chi connectivity index (χ1n) is 7.74. The summed E-state index contributed by atoms with van der Waals surface area (Å²) in [4.78, 5) is 35.7. The monoisotopic (exact) mass is 322 g/mol. The van der Waals surface area contributed by atoms with Crippen molar-refractivity contribution in [1.29, 1.82) is 0 Å². The maximum atomic E-state index is 12.5. The minimum absolute atomic E-state index is 0.152. The van der Waals surface area contributed by atoms with Gasteiger partial charge in [-0.3, -0.25) is 9.59 Å². The molecule has 23 heavy (non-hydrogen) atoms. The molecule has 0 saturated carbocycles. The lowest BCUT2D eigenvalue weighted by molar-refractivity contribution is -0.144. The number of pyridine rings is 1. The number of nitrogens with zero attached hydrogens (tertiary/aromatic N) is 1. The van der Waals surface area contributed by atoms with Crippen LogP contribution in [0, 0.1) is 18.3 Å². The molecule has 0 saturated heterocycles. The molecular formula is C17H26N2O4. The molecule has 0 aromatic carbocycles. The van der Waals surface area contributed by atoms with Crippen LogP contribution < -0.4 is 10.9 Å². The number of carbonyl (C=O) groups excluding carboxylic acids is 1. The first kappa shape index (κ1) is 18.9. The molecule has 1 heterocycles. The van der Waals surface area contributed by atoms with Gasteiger partial charge in [-0.25, -0.2) is 4.79 Å². The van der Waals surface area contributed by atoms with E-state index >= 15 is 0 Å². The Bertz CT molecular complexity index is 632. The minimum atomic E-state index is -1.05. The van der Waals surface area contributed by atoms with Crippen molar-refractivity contribution in [3.8, 4) is 0 Å². The van der Waals surface area contributed by atoms with E-state index < -0.39 is 17.4 Å². The highest BCUT2D eigenvalue weighted by molar-refractivity contribution is 5.86. The standard InChI is InChI=1S/C17H26N2O4/c1-11(2)8-13(15(21)22)18-16(23)17(4,5)10-19-7-6-12(3)9-14(19)20/h6-7,9,11,13H,8,10H2,1-5H3,(H,18,23)(H,21,22). The molecule has 0 aliphatic carbocycles. The van der Waals surface area contributed by atoms with Crippen molar-refractivity contribution in [3.63, 3.8) is 0 Å². The normalized spacial score (nSPS) is 13.0. The van der Waals surface area contributed by atoms with Crippen molar-refractivity contribution in [2.45, 2.75) is 53.6 Å². The van der Waals surface area contributed by atoms with E-state index in [4.69, 9.17) is 0 Å². The highest BCUT2D eigenvalue weighted by Crippen LogP contribution is 2.19. The third-order valence-corrected chi connectivity index (χ3v) is 3.64. The van der Waals surface area contributed by atoms with Gasteiger partial charge >= 0.3 is 5.97 Å². The van der Waals surface area contributed by atoms with Crippen LogP contribution in [0.2, 0.25) is 0 Å². The summed E-state index contributed by atoms with van der Waals surface area (Å²) in [6.07, 6.45) is 2.01. The van der Waals surface area contributed by atoms with Crippen LogP contribution >= 0.6 is 0 Å². The van der Waals surface area contributed by atoms with E-state index in [2.05, 4.69) is 5.32 Å². The average molecular weight is 322 g/mol. The van der Waals surface area contributed by atoms with E-state index in [9.17, 15) is 19.5 Å². The van der Waals surface area contributed by atoms with Crippen molar-refractivity contribution in [2.24, 2.45) is 11.3 Å². The molecular weight excluding hydrogens is 296 g/mol. The number of carboxylic acid groups (broad SMARTS) is 1. The zero-order chi connectivity index (χ0) is 17.8. The lowest BCUT2D eigenvalue weighted by Gasteiger charge is -2.27. The third-order valence-electron chi connectivity index (χ3n) is 3.64. The smallest absolute Gasteiger partial charge is 0.326 e. The number of amides is 1. The highest BCUT2D eigenvalue weighted by atomic mass is 16.4. The lowest BCUT2D eigenvalue weighted by atomic mass is 9.91. The Hall–Kier alpha value is -2.11.